The molecule has 3 N–H and O–H groups in total. The molecule has 0 aliphatic carbocycles. The van der Waals surface area contributed by atoms with Crippen molar-refractivity contribution in [1.82, 2.24) is 20.3 Å². The minimum Gasteiger partial charge on any atom is -0.378 e. The maximum absolute atomic E-state index is 12.1. The molecule has 0 bridgehead atoms. The number of nitrogens with two attached hydrogens (primary N) is 1. The second-order valence-electron chi connectivity index (χ2n) is 6.13. The molecule has 3 rings (SSSR count). The van der Waals surface area contributed by atoms with Gasteiger partial charge in [0.15, 0.2) is 5.69 Å². The molecule has 1 fully saturated rings. The van der Waals surface area contributed by atoms with Crippen LogP contribution in [0.15, 0.2) is 30.5 Å². The molecule has 8 nitrogen and oxygen atoms in total. The molecular weight excluding hydrogens is 322 g/mol. The summed E-state index contributed by atoms with van der Waals surface area (Å²) in [6.45, 7) is 2.68. The van der Waals surface area contributed by atoms with E-state index in [4.69, 9.17) is 10.5 Å². The van der Waals surface area contributed by atoms with Gasteiger partial charge in [0.25, 0.3) is 5.91 Å². The number of benzene rings is 1. The SMILES string of the molecule is C[C@H](NC(=O)C[C@@H]1CCCO1)c1ccc(-n2cc(C(N)=O)nn2)cc1. The van der Waals surface area contributed by atoms with E-state index in [1.54, 1.807) is 0 Å². The molecule has 1 aromatic heterocycles. The molecule has 1 aliphatic heterocycles. The first kappa shape index (κ1) is 17.1. The molecule has 1 aliphatic rings. The lowest BCUT2D eigenvalue weighted by Crippen LogP contribution is -2.29. The van der Waals surface area contributed by atoms with E-state index in [1.165, 1.54) is 10.9 Å². The summed E-state index contributed by atoms with van der Waals surface area (Å²) >= 11 is 0. The van der Waals surface area contributed by atoms with Gasteiger partial charge in [-0.2, -0.15) is 0 Å². The number of primary amides is 1. The summed E-state index contributed by atoms with van der Waals surface area (Å²) in [5.41, 5.74) is 7.00. The Morgan fingerprint density at radius 2 is 2.16 bits per heavy atom. The van der Waals surface area contributed by atoms with Gasteiger partial charge in [-0.15, -0.1) is 5.10 Å². The van der Waals surface area contributed by atoms with Crippen LogP contribution in [0.4, 0.5) is 0 Å². The highest BCUT2D eigenvalue weighted by molar-refractivity contribution is 5.90. The molecular formula is C17H21N5O3. The van der Waals surface area contributed by atoms with Gasteiger partial charge in [0.1, 0.15) is 0 Å². The second kappa shape index (κ2) is 7.43. The lowest BCUT2D eigenvalue weighted by molar-refractivity contribution is -0.123. The Hall–Kier alpha value is -2.74. The highest BCUT2D eigenvalue weighted by atomic mass is 16.5. The van der Waals surface area contributed by atoms with Crippen LogP contribution in [0.5, 0.6) is 0 Å². The average molecular weight is 343 g/mol. The van der Waals surface area contributed by atoms with Gasteiger partial charge in [-0.05, 0) is 37.5 Å². The van der Waals surface area contributed by atoms with Crippen LogP contribution in [0.1, 0.15) is 48.3 Å². The number of amides is 2. The van der Waals surface area contributed by atoms with Crippen molar-refractivity contribution in [2.45, 2.75) is 38.3 Å². The highest BCUT2D eigenvalue weighted by Gasteiger charge is 2.20. The summed E-state index contributed by atoms with van der Waals surface area (Å²) in [6.07, 6.45) is 3.89. The summed E-state index contributed by atoms with van der Waals surface area (Å²) in [5.74, 6) is -0.628. The van der Waals surface area contributed by atoms with Crippen LogP contribution in [0.2, 0.25) is 0 Å². The van der Waals surface area contributed by atoms with E-state index in [0.717, 1.165) is 30.7 Å². The molecule has 0 saturated carbocycles. The molecule has 132 valence electrons. The molecule has 0 spiro atoms. The van der Waals surface area contributed by atoms with E-state index in [2.05, 4.69) is 15.6 Å². The largest absolute Gasteiger partial charge is 0.378 e. The fourth-order valence-corrected chi connectivity index (χ4v) is 2.81. The number of hydrogen-bond donors (Lipinski definition) is 2. The molecule has 1 aromatic carbocycles. The van der Waals surface area contributed by atoms with Crippen molar-refractivity contribution in [3.05, 3.63) is 41.7 Å². The molecule has 2 atom stereocenters. The predicted octanol–water partition coefficient (Wildman–Crippen LogP) is 1.11. The average Bonchev–Trinajstić information content (AvgIpc) is 3.26. The Kier molecular flexibility index (Phi) is 5.08. The number of carbonyl (C=O) groups is 2. The molecule has 0 radical (unpaired) electrons. The summed E-state index contributed by atoms with van der Waals surface area (Å²) in [7, 11) is 0. The molecule has 0 unspecified atom stereocenters. The molecule has 1 saturated heterocycles. The first-order chi connectivity index (χ1) is 12.0. The highest BCUT2D eigenvalue weighted by Crippen LogP contribution is 2.18. The third kappa shape index (κ3) is 4.21. The number of rotatable bonds is 6. The van der Waals surface area contributed by atoms with Crippen LogP contribution in [-0.2, 0) is 9.53 Å². The van der Waals surface area contributed by atoms with E-state index in [0.29, 0.717) is 6.42 Å². The van der Waals surface area contributed by atoms with Crippen molar-refractivity contribution >= 4 is 11.8 Å². The normalized spacial score (nSPS) is 18.0. The van der Waals surface area contributed by atoms with E-state index < -0.39 is 5.91 Å². The molecule has 2 amide bonds. The third-order valence-corrected chi connectivity index (χ3v) is 4.22. The Morgan fingerprint density at radius 1 is 1.40 bits per heavy atom. The van der Waals surface area contributed by atoms with E-state index in [-0.39, 0.29) is 23.7 Å². The zero-order valence-electron chi connectivity index (χ0n) is 14.0. The molecule has 2 heterocycles. The number of ether oxygens (including phenoxy) is 1. The molecule has 25 heavy (non-hydrogen) atoms. The number of aromatic nitrogens is 3. The van der Waals surface area contributed by atoms with Gasteiger partial charge < -0.3 is 15.8 Å². The maximum atomic E-state index is 12.1. The summed E-state index contributed by atoms with van der Waals surface area (Å²) in [4.78, 5) is 23.2. The Labute approximate surface area is 145 Å². The number of nitrogens with one attached hydrogen (secondary N) is 1. The van der Waals surface area contributed by atoms with Crippen molar-refractivity contribution < 1.29 is 14.3 Å². The quantitative estimate of drug-likeness (QED) is 0.816. The maximum Gasteiger partial charge on any atom is 0.270 e. The number of hydrogen-bond acceptors (Lipinski definition) is 5. The standard InChI is InChI=1S/C17H21N5O3/c1-11(19-16(23)9-14-3-2-8-25-14)12-4-6-13(7-5-12)22-10-15(17(18)24)20-21-22/h4-7,10-11,14H,2-3,8-9H2,1H3,(H2,18,24)(H,19,23)/t11-,14-/m0/s1. The van der Waals surface area contributed by atoms with Gasteiger partial charge in [0.05, 0.1) is 30.5 Å². The van der Waals surface area contributed by atoms with Crippen LogP contribution >= 0.6 is 0 Å². The van der Waals surface area contributed by atoms with Crippen molar-refractivity contribution in [2.24, 2.45) is 5.73 Å². The van der Waals surface area contributed by atoms with E-state index in [9.17, 15) is 9.59 Å². The zero-order valence-corrected chi connectivity index (χ0v) is 14.0. The van der Waals surface area contributed by atoms with Crippen molar-refractivity contribution in [2.75, 3.05) is 6.61 Å². The smallest absolute Gasteiger partial charge is 0.270 e. The lowest BCUT2D eigenvalue weighted by Gasteiger charge is -2.16. The summed E-state index contributed by atoms with van der Waals surface area (Å²) in [6, 6.07) is 7.38. The minimum absolute atomic E-state index is 0.00847. The topological polar surface area (TPSA) is 112 Å². The van der Waals surface area contributed by atoms with Gasteiger partial charge in [0, 0.05) is 6.61 Å². The van der Waals surface area contributed by atoms with Crippen LogP contribution in [0, 0.1) is 0 Å². The van der Waals surface area contributed by atoms with Gasteiger partial charge in [-0.3, -0.25) is 9.59 Å². The molecule has 2 aromatic rings. The first-order valence-corrected chi connectivity index (χ1v) is 8.26. The predicted molar refractivity (Wildman–Crippen MR) is 90.0 cm³/mol. The van der Waals surface area contributed by atoms with Crippen LogP contribution in [-0.4, -0.2) is 39.5 Å². The first-order valence-electron chi connectivity index (χ1n) is 8.26. The van der Waals surface area contributed by atoms with Crippen molar-refractivity contribution in [3.8, 4) is 5.69 Å². The minimum atomic E-state index is -0.620. The summed E-state index contributed by atoms with van der Waals surface area (Å²) < 4.78 is 6.96. The second-order valence-corrected chi connectivity index (χ2v) is 6.13. The van der Waals surface area contributed by atoms with Gasteiger partial charge in [-0.1, -0.05) is 17.3 Å². The monoisotopic (exact) mass is 343 g/mol. The third-order valence-electron chi connectivity index (χ3n) is 4.22. The van der Waals surface area contributed by atoms with Gasteiger partial charge in [0.2, 0.25) is 5.91 Å². The van der Waals surface area contributed by atoms with E-state index >= 15 is 0 Å². The Balaban J connectivity index is 1.60. The van der Waals surface area contributed by atoms with Crippen LogP contribution in [0.25, 0.3) is 5.69 Å². The number of carbonyl (C=O) groups excluding carboxylic acids is 2. The summed E-state index contributed by atoms with van der Waals surface area (Å²) in [5, 5.41) is 10.6. The fraction of sp³-hybridized carbons (Fsp3) is 0.412. The lowest BCUT2D eigenvalue weighted by atomic mass is 10.1. The van der Waals surface area contributed by atoms with Gasteiger partial charge in [-0.25, -0.2) is 4.68 Å². The Bertz CT molecular complexity index is 750. The molecule has 8 heteroatoms. The fourth-order valence-electron chi connectivity index (χ4n) is 2.81. The van der Waals surface area contributed by atoms with Crippen LogP contribution < -0.4 is 11.1 Å². The van der Waals surface area contributed by atoms with Crippen LogP contribution in [0.3, 0.4) is 0 Å². The zero-order chi connectivity index (χ0) is 17.8. The number of nitrogens with zero attached hydrogens (tertiary/aromatic N) is 3. The van der Waals surface area contributed by atoms with Crippen molar-refractivity contribution in [1.29, 1.82) is 0 Å². The van der Waals surface area contributed by atoms with E-state index in [1.807, 2.05) is 31.2 Å². The Morgan fingerprint density at radius 3 is 2.76 bits per heavy atom. The van der Waals surface area contributed by atoms with Gasteiger partial charge >= 0.3 is 0 Å². The van der Waals surface area contributed by atoms with Crippen molar-refractivity contribution in [3.63, 3.8) is 0 Å².